The highest BCUT2D eigenvalue weighted by Gasteiger charge is 2.43. The van der Waals surface area contributed by atoms with Crippen LogP contribution in [-0.2, 0) is 12.4 Å². The highest BCUT2D eigenvalue weighted by atomic mass is 19.4. The molecule has 16 heteroatoms. The highest BCUT2D eigenvalue weighted by Crippen LogP contribution is 2.33. The van der Waals surface area contributed by atoms with Crippen LogP contribution in [0.4, 0.5) is 42.8 Å². The standard InChI is InChI=1S/C22H24F6N8O2/c1-12(33-16-9-32-34-18(37)17(16)22(26,27)28)3-2-6-29-20(38)36-14-4-5-15(36)11-35(10-14)19-30-7-13(8-31-19)21(23,24)25/h2-3,7-9,12,14-15H,4-6,10-11H2,1H3,(H,29,38)(H2,33,34,37)/b3-2+. The van der Waals surface area contributed by atoms with E-state index in [1.165, 1.54) is 6.08 Å². The van der Waals surface area contributed by atoms with Gasteiger partial charge < -0.3 is 20.4 Å². The summed E-state index contributed by atoms with van der Waals surface area (Å²) in [6, 6.07) is -1.28. The van der Waals surface area contributed by atoms with Gasteiger partial charge in [-0.25, -0.2) is 19.9 Å². The first-order valence-electron chi connectivity index (χ1n) is 11.6. The summed E-state index contributed by atoms with van der Waals surface area (Å²) >= 11 is 0. The molecule has 0 saturated carbocycles. The van der Waals surface area contributed by atoms with Crippen molar-refractivity contribution in [3.8, 4) is 0 Å². The molecule has 38 heavy (non-hydrogen) atoms. The van der Waals surface area contributed by atoms with Crippen molar-refractivity contribution in [2.24, 2.45) is 0 Å². The summed E-state index contributed by atoms with van der Waals surface area (Å²) in [6.07, 6.45) is -2.49. The Morgan fingerprint density at radius 3 is 2.32 bits per heavy atom. The molecule has 3 atom stereocenters. The van der Waals surface area contributed by atoms with E-state index in [0.29, 0.717) is 13.1 Å². The second-order valence-corrected chi connectivity index (χ2v) is 9.00. The minimum atomic E-state index is -4.86. The molecule has 4 heterocycles. The van der Waals surface area contributed by atoms with E-state index in [-0.39, 0.29) is 30.6 Å². The Bertz CT molecular complexity index is 1220. The fraction of sp³-hybridized carbons (Fsp3) is 0.500. The molecule has 2 bridgehead atoms. The molecule has 4 rings (SSSR count). The number of hydrogen-bond donors (Lipinski definition) is 3. The number of carbonyl (C=O) groups is 1. The number of anilines is 2. The van der Waals surface area contributed by atoms with E-state index in [0.717, 1.165) is 31.4 Å². The van der Waals surface area contributed by atoms with Gasteiger partial charge in [-0.15, -0.1) is 0 Å². The second kappa shape index (κ2) is 10.5. The second-order valence-electron chi connectivity index (χ2n) is 9.00. The van der Waals surface area contributed by atoms with Crippen LogP contribution in [0.25, 0.3) is 0 Å². The number of aromatic nitrogens is 4. The molecule has 0 aromatic carbocycles. The largest absolute Gasteiger partial charge is 0.423 e. The van der Waals surface area contributed by atoms with Crippen molar-refractivity contribution in [2.75, 3.05) is 29.9 Å². The molecule has 2 saturated heterocycles. The van der Waals surface area contributed by atoms with Crippen molar-refractivity contribution in [1.29, 1.82) is 0 Å². The van der Waals surface area contributed by atoms with Crippen molar-refractivity contribution in [2.45, 2.75) is 50.2 Å². The summed E-state index contributed by atoms with van der Waals surface area (Å²) in [5, 5.41) is 10.5. The van der Waals surface area contributed by atoms with E-state index in [2.05, 4.69) is 25.7 Å². The van der Waals surface area contributed by atoms with E-state index >= 15 is 0 Å². The minimum Gasteiger partial charge on any atom is -0.377 e. The van der Waals surface area contributed by atoms with Gasteiger partial charge in [-0.05, 0) is 19.8 Å². The number of aromatic amines is 1. The predicted octanol–water partition coefficient (Wildman–Crippen LogP) is 3.02. The molecular weight excluding hydrogens is 522 g/mol. The average molecular weight is 546 g/mol. The number of alkyl halides is 6. The third-order valence-electron chi connectivity index (χ3n) is 6.28. The number of carbonyl (C=O) groups excluding carboxylic acids is 1. The maximum Gasteiger partial charge on any atom is 0.423 e. The Morgan fingerprint density at radius 1 is 1.11 bits per heavy atom. The Kier molecular flexibility index (Phi) is 7.51. The summed E-state index contributed by atoms with van der Waals surface area (Å²) in [6.45, 7) is 2.42. The van der Waals surface area contributed by atoms with Crippen LogP contribution in [0.3, 0.4) is 0 Å². The molecule has 2 aromatic heterocycles. The van der Waals surface area contributed by atoms with Crippen LogP contribution in [0.2, 0.25) is 0 Å². The number of halogens is 6. The number of nitrogens with one attached hydrogen (secondary N) is 3. The van der Waals surface area contributed by atoms with Gasteiger partial charge in [0, 0.05) is 38.1 Å². The number of hydrogen-bond acceptors (Lipinski definition) is 7. The SMILES string of the molecule is CC(/C=C/CNC(=O)N1C2CCC1CN(c1ncc(C(F)(F)F)cn1)C2)Nc1cn[nH]c(=O)c1C(F)(F)F. The fourth-order valence-corrected chi connectivity index (χ4v) is 4.62. The summed E-state index contributed by atoms with van der Waals surface area (Å²) in [7, 11) is 0. The number of amides is 2. The van der Waals surface area contributed by atoms with Gasteiger partial charge in [-0.1, -0.05) is 12.2 Å². The lowest BCUT2D eigenvalue weighted by molar-refractivity contribution is -0.139. The first-order valence-corrected chi connectivity index (χ1v) is 11.6. The van der Waals surface area contributed by atoms with E-state index in [9.17, 15) is 35.9 Å². The predicted molar refractivity (Wildman–Crippen MR) is 123 cm³/mol. The van der Waals surface area contributed by atoms with E-state index in [1.807, 2.05) is 0 Å². The topological polar surface area (TPSA) is 119 Å². The molecule has 2 fully saturated rings. The van der Waals surface area contributed by atoms with Gasteiger partial charge in [0.2, 0.25) is 5.95 Å². The molecule has 2 aliphatic rings. The summed E-state index contributed by atoms with van der Waals surface area (Å²) < 4.78 is 77.8. The van der Waals surface area contributed by atoms with Crippen LogP contribution in [0.5, 0.6) is 0 Å². The van der Waals surface area contributed by atoms with E-state index in [4.69, 9.17) is 0 Å². The fourth-order valence-electron chi connectivity index (χ4n) is 4.62. The molecule has 0 aliphatic carbocycles. The summed E-state index contributed by atoms with van der Waals surface area (Å²) in [4.78, 5) is 35.5. The zero-order valence-corrected chi connectivity index (χ0v) is 20.0. The molecule has 3 unspecified atom stereocenters. The van der Waals surface area contributed by atoms with E-state index < -0.39 is 40.8 Å². The van der Waals surface area contributed by atoms with Crippen LogP contribution in [0, 0.1) is 0 Å². The summed E-state index contributed by atoms with van der Waals surface area (Å²) in [5.74, 6) is 0.170. The maximum absolute atomic E-state index is 13.2. The van der Waals surface area contributed by atoms with Crippen molar-refractivity contribution >= 4 is 17.7 Å². The van der Waals surface area contributed by atoms with Crippen LogP contribution < -0.4 is 21.1 Å². The van der Waals surface area contributed by atoms with Crippen molar-refractivity contribution in [1.82, 2.24) is 30.4 Å². The van der Waals surface area contributed by atoms with Gasteiger partial charge in [-0.3, -0.25) is 4.79 Å². The molecule has 0 radical (unpaired) electrons. The summed E-state index contributed by atoms with van der Waals surface area (Å²) in [5.41, 5.74) is -4.13. The lowest BCUT2D eigenvalue weighted by Gasteiger charge is -2.40. The Morgan fingerprint density at radius 2 is 1.74 bits per heavy atom. The van der Waals surface area contributed by atoms with Crippen LogP contribution in [0.15, 0.2) is 35.5 Å². The van der Waals surface area contributed by atoms with Crippen molar-refractivity contribution in [3.05, 3.63) is 52.2 Å². The quantitative estimate of drug-likeness (QED) is 0.377. The molecule has 3 N–H and O–H groups in total. The Balaban J connectivity index is 1.29. The van der Waals surface area contributed by atoms with Crippen LogP contribution in [0.1, 0.15) is 30.9 Å². The lowest BCUT2D eigenvalue weighted by atomic mass is 10.2. The lowest BCUT2D eigenvalue weighted by Crippen LogP contribution is -2.58. The number of fused-ring (bicyclic) bond motifs is 2. The van der Waals surface area contributed by atoms with Crippen LogP contribution in [-0.4, -0.2) is 68.9 Å². The normalized spacial score (nSPS) is 20.6. The molecule has 0 spiro atoms. The monoisotopic (exact) mass is 546 g/mol. The first kappa shape index (κ1) is 27.2. The van der Waals surface area contributed by atoms with Gasteiger partial charge in [0.05, 0.1) is 29.5 Å². The first-order chi connectivity index (χ1) is 17.8. The molecule has 10 nitrogen and oxygen atoms in total. The Hall–Kier alpha value is -3.85. The number of piperazine rings is 1. The average Bonchev–Trinajstić information content (AvgIpc) is 3.09. The van der Waals surface area contributed by atoms with Crippen molar-refractivity contribution < 1.29 is 31.1 Å². The molecule has 206 valence electrons. The minimum absolute atomic E-state index is 0.103. The molecule has 2 amide bonds. The third kappa shape index (κ3) is 5.99. The molecular formula is C22H24F6N8O2. The van der Waals surface area contributed by atoms with Gasteiger partial charge in [0.15, 0.2) is 0 Å². The number of nitrogens with zero attached hydrogens (tertiary/aromatic N) is 5. The zero-order chi connectivity index (χ0) is 27.7. The number of rotatable bonds is 6. The smallest absolute Gasteiger partial charge is 0.377 e. The zero-order valence-electron chi connectivity index (χ0n) is 20.0. The van der Waals surface area contributed by atoms with E-state index in [1.54, 1.807) is 27.9 Å². The third-order valence-corrected chi connectivity index (χ3v) is 6.28. The van der Waals surface area contributed by atoms with Crippen molar-refractivity contribution in [3.63, 3.8) is 0 Å². The maximum atomic E-state index is 13.2. The van der Waals surface area contributed by atoms with Gasteiger partial charge >= 0.3 is 18.4 Å². The molecule has 2 aromatic rings. The molecule has 2 aliphatic heterocycles. The number of H-pyrrole nitrogens is 1. The van der Waals surface area contributed by atoms with Crippen LogP contribution >= 0.6 is 0 Å². The number of urea groups is 1. The highest BCUT2D eigenvalue weighted by molar-refractivity contribution is 5.76. The Labute approximate surface area is 212 Å². The van der Waals surface area contributed by atoms with Gasteiger partial charge in [-0.2, -0.15) is 31.4 Å². The van der Waals surface area contributed by atoms with Gasteiger partial charge in [0.1, 0.15) is 5.56 Å². The van der Waals surface area contributed by atoms with Gasteiger partial charge in [0.25, 0.3) is 5.56 Å².